The van der Waals surface area contributed by atoms with Crippen LogP contribution in [0.25, 0.3) is 11.4 Å². The molecule has 2 aliphatic heterocycles. The molecule has 2 aliphatic rings. The molecule has 1 saturated heterocycles. The molecule has 4 rings (SSSR count). The lowest BCUT2D eigenvalue weighted by atomic mass is 9.85. The van der Waals surface area contributed by atoms with Gasteiger partial charge in [-0.25, -0.2) is 27.2 Å². The number of aromatic nitrogens is 2. The number of fused-ring (bicyclic) bond motifs is 1. The summed E-state index contributed by atoms with van der Waals surface area (Å²) in [6.07, 6.45) is 1.38. The van der Waals surface area contributed by atoms with E-state index in [9.17, 15) is 27.4 Å². The summed E-state index contributed by atoms with van der Waals surface area (Å²) < 4.78 is 53.1. The van der Waals surface area contributed by atoms with Crippen molar-refractivity contribution < 1.29 is 27.4 Å². The molecular formula is C20H22BrF2N3O4S. The highest BCUT2D eigenvalue weighted by molar-refractivity contribution is 9.10. The summed E-state index contributed by atoms with van der Waals surface area (Å²) in [4.78, 5) is 10.7. The van der Waals surface area contributed by atoms with E-state index in [1.165, 1.54) is 0 Å². The largest absolute Gasteiger partial charge is 0.396 e. The molecule has 7 nitrogen and oxygen atoms in total. The van der Waals surface area contributed by atoms with Crippen molar-refractivity contribution in [2.45, 2.75) is 24.3 Å². The number of anilines is 1. The zero-order valence-corrected chi connectivity index (χ0v) is 19.0. The van der Waals surface area contributed by atoms with Crippen LogP contribution >= 0.6 is 15.9 Å². The third-order valence-corrected chi connectivity index (χ3v) is 8.07. The fourth-order valence-electron chi connectivity index (χ4n) is 4.28. The molecule has 0 unspecified atom stereocenters. The van der Waals surface area contributed by atoms with Crippen LogP contribution in [0.4, 0.5) is 14.6 Å². The monoisotopic (exact) mass is 517 g/mol. The van der Waals surface area contributed by atoms with Crippen molar-refractivity contribution in [2.75, 3.05) is 31.2 Å². The van der Waals surface area contributed by atoms with Crippen molar-refractivity contribution in [2.24, 2.45) is 11.8 Å². The second-order valence-corrected chi connectivity index (χ2v) is 10.9. The van der Waals surface area contributed by atoms with E-state index in [-0.39, 0.29) is 52.4 Å². The van der Waals surface area contributed by atoms with Gasteiger partial charge < -0.3 is 15.1 Å². The first-order valence-corrected chi connectivity index (χ1v) is 12.6. The van der Waals surface area contributed by atoms with Gasteiger partial charge in [0.1, 0.15) is 17.5 Å². The van der Waals surface area contributed by atoms with Gasteiger partial charge in [-0.15, -0.1) is 0 Å². The molecule has 0 aliphatic carbocycles. The van der Waals surface area contributed by atoms with E-state index in [0.29, 0.717) is 43.0 Å². The Bertz CT molecular complexity index is 1100. The first-order chi connectivity index (χ1) is 14.7. The van der Waals surface area contributed by atoms with Gasteiger partial charge in [0.05, 0.1) is 27.2 Å². The standard InChI is InChI=1S/C20H22BrF2N3O4S/c21-15-6-16(22)13(5-17(15)23)19-24-18-10-31(29,30)9-14(18)20(25-19)26-3-1-11(2-4-26)12(7-27)8-28/h5-6,11-12,27-28H,1-4,7-10H2. The molecule has 1 aromatic heterocycles. The van der Waals surface area contributed by atoms with Crippen molar-refractivity contribution in [3.63, 3.8) is 0 Å². The Labute approximate surface area is 187 Å². The highest BCUT2D eigenvalue weighted by atomic mass is 79.9. The first kappa shape index (κ1) is 22.5. The lowest BCUT2D eigenvalue weighted by Crippen LogP contribution is -2.39. The summed E-state index contributed by atoms with van der Waals surface area (Å²) in [6, 6.07) is 1.99. The molecule has 1 fully saturated rings. The Balaban J connectivity index is 1.73. The van der Waals surface area contributed by atoms with Crippen molar-refractivity contribution in [3.8, 4) is 11.4 Å². The molecule has 168 valence electrons. The Morgan fingerprint density at radius 2 is 1.77 bits per heavy atom. The Morgan fingerprint density at radius 1 is 1.10 bits per heavy atom. The van der Waals surface area contributed by atoms with Gasteiger partial charge in [0, 0.05) is 37.8 Å². The number of hydrogen-bond acceptors (Lipinski definition) is 7. The van der Waals surface area contributed by atoms with Gasteiger partial charge in [-0.2, -0.15) is 0 Å². The molecule has 3 heterocycles. The molecule has 0 radical (unpaired) electrons. The zero-order chi connectivity index (χ0) is 22.3. The maximum Gasteiger partial charge on any atom is 0.164 e. The molecule has 0 amide bonds. The quantitative estimate of drug-likeness (QED) is 0.587. The molecule has 0 bridgehead atoms. The maximum atomic E-state index is 14.6. The van der Waals surface area contributed by atoms with Crippen LogP contribution in [0.3, 0.4) is 0 Å². The highest BCUT2D eigenvalue weighted by Crippen LogP contribution is 2.36. The number of aliphatic hydroxyl groups is 2. The van der Waals surface area contributed by atoms with E-state index >= 15 is 0 Å². The minimum absolute atomic E-state index is 0.0258. The van der Waals surface area contributed by atoms with Gasteiger partial charge in [0.25, 0.3) is 0 Å². The second-order valence-electron chi connectivity index (χ2n) is 8.02. The van der Waals surface area contributed by atoms with Crippen molar-refractivity contribution >= 4 is 31.6 Å². The minimum Gasteiger partial charge on any atom is -0.396 e. The van der Waals surface area contributed by atoms with Gasteiger partial charge in [0.15, 0.2) is 15.7 Å². The van der Waals surface area contributed by atoms with Crippen LogP contribution in [-0.4, -0.2) is 54.9 Å². The maximum absolute atomic E-state index is 14.6. The number of nitrogens with zero attached hydrogens (tertiary/aromatic N) is 3. The lowest BCUT2D eigenvalue weighted by Gasteiger charge is -2.36. The number of hydrogen-bond donors (Lipinski definition) is 2. The smallest absolute Gasteiger partial charge is 0.164 e. The molecule has 11 heteroatoms. The van der Waals surface area contributed by atoms with E-state index in [2.05, 4.69) is 25.9 Å². The van der Waals surface area contributed by atoms with Crippen LogP contribution in [0.5, 0.6) is 0 Å². The van der Waals surface area contributed by atoms with Crippen LogP contribution < -0.4 is 4.90 Å². The predicted molar refractivity (Wildman–Crippen MR) is 114 cm³/mol. The third kappa shape index (κ3) is 4.46. The first-order valence-electron chi connectivity index (χ1n) is 9.94. The fourth-order valence-corrected chi connectivity index (χ4v) is 6.09. The third-order valence-electron chi connectivity index (χ3n) is 6.02. The summed E-state index contributed by atoms with van der Waals surface area (Å²) in [5.74, 6) is -1.53. The number of aliphatic hydroxyl groups excluding tert-OH is 2. The van der Waals surface area contributed by atoms with Gasteiger partial charge in [-0.3, -0.25) is 0 Å². The fraction of sp³-hybridized carbons (Fsp3) is 0.500. The van der Waals surface area contributed by atoms with Crippen molar-refractivity contribution in [1.29, 1.82) is 0 Å². The predicted octanol–water partition coefficient (Wildman–Crippen LogP) is 2.43. The van der Waals surface area contributed by atoms with Gasteiger partial charge >= 0.3 is 0 Å². The average Bonchev–Trinajstić information content (AvgIpc) is 3.05. The molecule has 0 saturated carbocycles. The molecule has 2 aromatic rings. The van der Waals surface area contributed by atoms with E-state index in [1.54, 1.807) is 0 Å². The molecular weight excluding hydrogens is 496 g/mol. The van der Waals surface area contributed by atoms with E-state index in [0.717, 1.165) is 12.1 Å². The molecule has 31 heavy (non-hydrogen) atoms. The van der Waals surface area contributed by atoms with E-state index < -0.39 is 21.5 Å². The summed E-state index contributed by atoms with van der Waals surface area (Å²) in [5.41, 5.74) is 0.680. The highest BCUT2D eigenvalue weighted by Gasteiger charge is 2.34. The summed E-state index contributed by atoms with van der Waals surface area (Å²) >= 11 is 2.94. The topological polar surface area (TPSA) is 104 Å². The van der Waals surface area contributed by atoms with Gasteiger partial charge in [-0.1, -0.05) is 0 Å². The molecule has 0 spiro atoms. The van der Waals surface area contributed by atoms with Crippen LogP contribution in [0.1, 0.15) is 24.1 Å². The summed E-state index contributed by atoms with van der Waals surface area (Å²) in [6.45, 7) is 0.893. The van der Waals surface area contributed by atoms with E-state index in [4.69, 9.17) is 0 Å². The van der Waals surface area contributed by atoms with Crippen LogP contribution in [0.15, 0.2) is 16.6 Å². The van der Waals surface area contributed by atoms with Crippen molar-refractivity contribution in [3.05, 3.63) is 39.5 Å². The van der Waals surface area contributed by atoms with Crippen LogP contribution in [-0.2, 0) is 21.3 Å². The number of piperidine rings is 1. The van der Waals surface area contributed by atoms with E-state index in [1.807, 2.05) is 4.90 Å². The molecule has 0 atom stereocenters. The number of halogens is 3. The molecule has 2 N–H and O–H groups in total. The second kappa shape index (κ2) is 8.68. The number of rotatable bonds is 5. The minimum atomic E-state index is -3.39. The lowest BCUT2D eigenvalue weighted by molar-refractivity contribution is 0.0946. The van der Waals surface area contributed by atoms with Gasteiger partial charge in [-0.05, 0) is 46.8 Å². The van der Waals surface area contributed by atoms with Crippen LogP contribution in [0.2, 0.25) is 0 Å². The summed E-state index contributed by atoms with van der Waals surface area (Å²) in [5, 5.41) is 18.9. The Hall–Kier alpha value is -1.69. The molecule has 1 aromatic carbocycles. The van der Waals surface area contributed by atoms with Gasteiger partial charge in [0.2, 0.25) is 0 Å². The normalized spacial score (nSPS) is 18.6. The Morgan fingerprint density at radius 3 is 2.42 bits per heavy atom. The van der Waals surface area contributed by atoms with Crippen LogP contribution in [0, 0.1) is 23.5 Å². The zero-order valence-electron chi connectivity index (χ0n) is 16.6. The SMILES string of the molecule is O=S1(=O)Cc2nc(-c3cc(F)c(Br)cc3F)nc(N3CCC(C(CO)CO)CC3)c2C1. The average molecular weight is 518 g/mol. The summed E-state index contributed by atoms with van der Waals surface area (Å²) in [7, 11) is -3.39. The number of benzene rings is 1. The van der Waals surface area contributed by atoms with Crippen molar-refractivity contribution in [1.82, 2.24) is 9.97 Å². The number of sulfone groups is 1. The Kier molecular flexibility index (Phi) is 6.30.